The number of hydrogen-bond acceptors (Lipinski definition) is 3. The SMILES string of the molecule is COC(=O)Nc1cccn2cc(C)nc12. The third kappa shape index (κ3) is 1.76. The van der Waals surface area contributed by atoms with Crippen LogP contribution >= 0.6 is 0 Å². The van der Waals surface area contributed by atoms with Gasteiger partial charge in [-0.25, -0.2) is 9.78 Å². The summed E-state index contributed by atoms with van der Waals surface area (Å²) >= 11 is 0. The number of nitrogens with zero attached hydrogens (tertiary/aromatic N) is 2. The first-order valence-corrected chi connectivity index (χ1v) is 4.50. The van der Waals surface area contributed by atoms with E-state index in [1.807, 2.05) is 29.8 Å². The molecule has 0 unspecified atom stereocenters. The zero-order valence-corrected chi connectivity index (χ0v) is 8.52. The number of amides is 1. The summed E-state index contributed by atoms with van der Waals surface area (Å²) in [5, 5.41) is 2.60. The number of nitrogens with one attached hydrogen (secondary N) is 1. The molecule has 1 amide bonds. The standard InChI is InChI=1S/C10H11N3O2/c1-7-6-13-5-3-4-8(9(13)11-7)12-10(14)15-2/h3-6H,1-2H3,(H,12,14). The molecule has 0 aliphatic rings. The summed E-state index contributed by atoms with van der Waals surface area (Å²) in [6, 6.07) is 3.61. The van der Waals surface area contributed by atoms with Crippen molar-refractivity contribution in [1.82, 2.24) is 9.38 Å². The molecule has 2 rings (SSSR count). The Morgan fingerprint density at radius 2 is 2.40 bits per heavy atom. The van der Waals surface area contributed by atoms with Crippen LogP contribution in [0.1, 0.15) is 5.69 Å². The maximum Gasteiger partial charge on any atom is 0.411 e. The minimum absolute atomic E-state index is 0.497. The molecule has 2 heterocycles. The Hall–Kier alpha value is -2.04. The zero-order chi connectivity index (χ0) is 10.8. The van der Waals surface area contributed by atoms with E-state index in [2.05, 4.69) is 15.0 Å². The van der Waals surface area contributed by atoms with Gasteiger partial charge in [-0.1, -0.05) is 0 Å². The van der Waals surface area contributed by atoms with Gasteiger partial charge in [0.25, 0.3) is 0 Å². The van der Waals surface area contributed by atoms with Crippen LogP contribution in [0.5, 0.6) is 0 Å². The average molecular weight is 205 g/mol. The number of anilines is 1. The van der Waals surface area contributed by atoms with Crippen LogP contribution in [0.4, 0.5) is 10.5 Å². The Morgan fingerprint density at radius 1 is 1.60 bits per heavy atom. The predicted octanol–water partition coefficient (Wildman–Crippen LogP) is 1.82. The fraction of sp³-hybridized carbons (Fsp3) is 0.200. The van der Waals surface area contributed by atoms with Gasteiger partial charge in [0.1, 0.15) is 0 Å². The number of aromatic nitrogens is 2. The first-order chi connectivity index (χ1) is 7.20. The number of hydrogen-bond donors (Lipinski definition) is 1. The molecule has 0 atom stereocenters. The molecule has 5 nitrogen and oxygen atoms in total. The van der Waals surface area contributed by atoms with E-state index < -0.39 is 6.09 Å². The Balaban J connectivity index is 2.46. The number of fused-ring (bicyclic) bond motifs is 1. The fourth-order valence-electron chi connectivity index (χ4n) is 1.39. The first kappa shape index (κ1) is 9.51. The number of ether oxygens (including phenoxy) is 1. The van der Waals surface area contributed by atoms with Crippen LogP contribution in [0.3, 0.4) is 0 Å². The highest BCUT2D eigenvalue weighted by Crippen LogP contribution is 2.15. The molecule has 0 saturated carbocycles. The summed E-state index contributed by atoms with van der Waals surface area (Å²) in [4.78, 5) is 15.4. The van der Waals surface area contributed by atoms with Crippen molar-refractivity contribution in [3.8, 4) is 0 Å². The van der Waals surface area contributed by atoms with Gasteiger partial charge in [-0.3, -0.25) is 5.32 Å². The summed E-state index contributed by atoms with van der Waals surface area (Å²) in [5.74, 6) is 0. The molecule has 0 bridgehead atoms. The topological polar surface area (TPSA) is 55.6 Å². The van der Waals surface area contributed by atoms with E-state index in [1.165, 1.54) is 7.11 Å². The van der Waals surface area contributed by atoms with Crippen molar-refractivity contribution < 1.29 is 9.53 Å². The van der Waals surface area contributed by atoms with E-state index in [4.69, 9.17) is 0 Å². The van der Waals surface area contributed by atoms with Gasteiger partial charge in [0, 0.05) is 12.4 Å². The molecule has 0 fully saturated rings. The van der Waals surface area contributed by atoms with Crippen LogP contribution in [0.15, 0.2) is 24.5 Å². The van der Waals surface area contributed by atoms with E-state index in [1.54, 1.807) is 6.07 Å². The zero-order valence-electron chi connectivity index (χ0n) is 8.52. The number of rotatable bonds is 1. The van der Waals surface area contributed by atoms with Crippen LogP contribution in [-0.2, 0) is 4.74 Å². The molecule has 2 aromatic heterocycles. The lowest BCUT2D eigenvalue weighted by Crippen LogP contribution is -2.11. The second-order valence-corrected chi connectivity index (χ2v) is 3.15. The van der Waals surface area contributed by atoms with E-state index in [0.29, 0.717) is 11.3 Å². The third-order valence-electron chi connectivity index (χ3n) is 2.03. The van der Waals surface area contributed by atoms with Crippen LogP contribution in [0.2, 0.25) is 0 Å². The normalized spacial score (nSPS) is 10.3. The van der Waals surface area contributed by atoms with E-state index in [-0.39, 0.29) is 0 Å². The molecule has 0 aliphatic carbocycles. The summed E-state index contributed by atoms with van der Waals surface area (Å²) in [6.45, 7) is 1.90. The molecule has 78 valence electrons. The minimum Gasteiger partial charge on any atom is -0.453 e. The van der Waals surface area contributed by atoms with Gasteiger partial charge < -0.3 is 9.14 Å². The number of pyridine rings is 1. The minimum atomic E-state index is -0.497. The highest BCUT2D eigenvalue weighted by molar-refractivity contribution is 5.89. The third-order valence-corrected chi connectivity index (χ3v) is 2.03. The van der Waals surface area contributed by atoms with Crippen molar-refractivity contribution in [3.63, 3.8) is 0 Å². The number of methoxy groups -OCH3 is 1. The molecule has 0 radical (unpaired) electrons. The molecule has 2 aromatic rings. The van der Waals surface area contributed by atoms with Gasteiger partial charge in [0.2, 0.25) is 0 Å². The molecule has 15 heavy (non-hydrogen) atoms. The highest BCUT2D eigenvalue weighted by atomic mass is 16.5. The maximum absolute atomic E-state index is 11.1. The van der Waals surface area contributed by atoms with Gasteiger partial charge in [-0.2, -0.15) is 0 Å². The molecular weight excluding hydrogens is 194 g/mol. The Kier molecular flexibility index (Phi) is 2.29. The Labute approximate surface area is 86.7 Å². The quantitative estimate of drug-likeness (QED) is 0.772. The highest BCUT2D eigenvalue weighted by Gasteiger charge is 2.06. The van der Waals surface area contributed by atoms with E-state index in [9.17, 15) is 4.79 Å². The van der Waals surface area contributed by atoms with Crippen molar-refractivity contribution in [1.29, 1.82) is 0 Å². The molecular formula is C10H11N3O2. The summed E-state index contributed by atoms with van der Waals surface area (Å²) in [6.07, 6.45) is 3.26. The smallest absolute Gasteiger partial charge is 0.411 e. The molecule has 0 aromatic carbocycles. The predicted molar refractivity (Wildman–Crippen MR) is 56.0 cm³/mol. The number of imidazole rings is 1. The van der Waals surface area contributed by atoms with Crippen molar-refractivity contribution in [2.75, 3.05) is 12.4 Å². The summed E-state index contributed by atoms with van der Waals surface area (Å²) in [7, 11) is 1.33. The molecule has 0 aliphatic heterocycles. The Morgan fingerprint density at radius 3 is 3.13 bits per heavy atom. The van der Waals surface area contributed by atoms with Crippen LogP contribution in [-0.4, -0.2) is 22.6 Å². The molecule has 0 saturated heterocycles. The van der Waals surface area contributed by atoms with E-state index >= 15 is 0 Å². The lowest BCUT2D eigenvalue weighted by Gasteiger charge is -2.04. The Bertz CT molecular complexity index is 504. The molecule has 1 N–H and O–H groups in total. The van der Waals surface area contributed by atoms with Crippen molar-refractivity contribution in [2.45, 2.75) is 6.92 Å². The fourth-order valence-corrected chi connectivity index (χ4v) is 1.39. The monoisotopic (exact) mass is 205 g/mol. The summed E-state index contributed by atoms with van der Waals surface area (Å²) in [5.41, 5.74) is 2.24. The van der Waals surface area contributed by atoms with Gasteiger partial charge in [-0.15, -0.1) is 0 Å². The van der Waals surface area contributed by atoms with Crippen LogP contribution in [0.25, 0.3) is 5.65 Å². The average Bonchev–Trinajstić information content (AvgIpc) is 2.59. The van der Waals surface area contributed by atoms with Crippen molar-refractivity contribution >= 4 is 17.4 Å². The maximum atomic E-state index is 11.1. The second kappa shape index (κ2) is 3.61. The van der Waals surface area contributed by atoms with Gasteiger partial charge in [-0.05, 0) is 19.1 Å². The van der Waals surface area contributed by atoms with Gasteiger partial charge in [0.15, 0.2) is 5.65 Å². The first-order valence-electron chi connectivity index (χ1n) is 4.50. The summed E-state index contributed by atoms with van der Waals surface area (Å²) < 4.78 is 6.37. The molecule has 0 spiro atoms. The van der Waals surface area contributed by atoms with Crippen molar-refractivity contribution in [2.24, 2.45) is 0 Å². The van der Waals surface area contributed by atoms with E-state index in [0.717, 1.165) is 5.69 Å². The van der Waals surface area contributed by atoms with Crippen molar-refractivity contribution in [3.05, 3.63) is 30.2 Å². The number of carbonyl (C=O) groups is 1. The van der Waals surface area contributed by atoms with Crippen LogP contribution < -0.4 is 5.32 Å². The largest absolute Gasteiger partial charge is 0.453 e. The van der Waals surface area contributed by atoms with Gasteiger partial charge >= 0.3 is 6.09 Å². The lowest BCUT2D eigenvalue weighted by atomic mass is 10.4. The lowest BCUT2D eigenvalue weighted by molar-refractivity contribution is 0.187. The molecule has 5 heteroatoms. The van der Waals surface area contributed by atoms with Gasteiger partial charge in [0.05, 0.1) is 18.5 Å². The number of aryl methyl sites for hydroxylation is 1. The second-order valence-electron chi connectivity index (χ2n) is 3.15. The van der Waals surface area contributed by atoms with Crippen LogP contribution in [0, 0.1) is 6.92 Å². The number of carbonyl (C=O) groups excluding carboxylic acids is 1.